The first-order valence-electron chi connectivity index (χ1n) is 11.4. The summed E-state index contributed by atoms with van der Waals surface area (Å²) in [6.07, 6.45) is 7.53. The van der Waals surface area contributed by atoms with Gasteiger partial charge in [0.1, 0.15) is 11.4 Å². The van der Waals surface area contributed by atoms with E-state index in [1.165, 1.54) is 25.8 Å². The molecule has 5 heteroatoms. The maximum atomic E-state index is 12.7. The van der Waals surface area contributed by atoms with E-state index in [0.717, 1.165) is 37.2 Å². The van der Waals surface area contributed by atoms with Crippen molar-refractivity contribution in [2.45, 2.75) is 84.3 Å². The van der Waals surface area contributed by atoms with E-state index in [0.29, 0.717) is 25.7 Å². The fourth-order valence-corrected chi connectivity index (χ4v) is 3.90. The van der Waals surface area contributed by atoms with E-state index in [1.807, 2.05) is 31.2 Å². The number of carbonyl (C=O) groups excluding carboxylic acids is 1. The Morgan fingerprint density at radius 3 is 2.59 bits per heavy atom. The molecule has 1 aromatic rings. The standard InChI is InChI=1S/C24H40N2O3/c1-5-15-24(4,29-18-6-2)23(27)25-21-11-13-22(14-12-21)28-19-9-17-26-16-8-7-10-20(26)3/h11-14,20H,5-10,15-19H2,1-4H3,(H,25,27)/t20-,24+/m1/s1. The number of benzene rings is 1. The molecule has 2 atom stereocenters. The van der Waals surface area contributed by atoms with Crippen LogP contribution in [0.15, 0.2) is 24.3 Å². The van der Waals surface area contributed by atoms with Crippen LogP contribution < -0.4 is 10.1 Å². The van der Waals surface area contributed by atoms with Gasteiger partial charge < -0.3 is 19.7 Å². The molecule has 0 aromatic heterocycles. The van der Waals surface area contributed by atoms with Crippen molar-refractivity contribution in [3.05, 3.63) is 24.3 Å². The van der Waals surface area contributed by atoms with Crippen molar-refractivity contribution in [2.75, 3.05) is 31.6 Å². The Kier molecular flexibility index (Phi) is 9.95. The van der Waals surface area contributed by atoms with Gasteiger partial charge in [-0.25, -0.2) is 0 Å². The minimum Gasteiger partial charge on any atom is -0.494 e. The lowest BCUT2D eigenvalue weighted by atomic mass is 9.99. The predicted octanol–water partition coefficient (Wildman–Crippen LogP) is 5.25. The van der Waals surface area contributed by atoms with Crippen LogP contribution in [-0.4, -0.2) is 48.8 Å². The Balaban J connectivity index is 1.77. The van der Waals surface area contributed by atoms with Gasteiger partial charge in [-0.05, 0) is 76.8 Å². The number of nitrogens with one attached hydrogen (secondary N) is 1. The van der Waals surface area contributed by atoms with Gasteiger partial charge in [-0.15, -0.1) is 0 Å². The number of piperidine rings is 1. The van der Waals surface area contributed by atoms with Crippen molar-refractivity contribution in [3.63, 3.8) is 0 Å². The second kappa shape index (κ2) is 12.2. The zero-order valence-corrected chi connectivity index (χ0v) is 18.8. The van der Waals surface area contributed by atoms with E-state index in [-0.39, 0.29) is 5.91 Å². The Hall–Kier alpha value is -1.59. The molecule has 2 rings (SSSR count). The first kappa shape index (κ1) is 23.7. The van der Waals surface area contributed by atoms with Crippen molar-refractivity contribution in [1.29, 1.82) is 0 Å². The normalized spacial score (nSPS) is 19.5. The van der Waals surface area contributed by atoms with Crippen LogP contribution >= 0.6 is 0 Å². The molecule has 1 aromatic carbocycles. The topological polar surface area (TPSA) is 50.8 Å². The molecule has 0 unspecified atom stereocenters. The zero-order valence-electron chi connectivity index (χ0n) is 18.8. The lowest BCUT2D eigenvalue weighted by molar-refractivity contribution is -0.140. The van der Waals surface area contributed by atoms with Crippen LogP contribution in [0.25, 0.3) is 0 Å². The second-order valence-corrected chi connectivity index (χ2v) is 8.39. The molecule has 0 radical (unpaired) electrons. The molecule has 0 aliphatic carbocycles. The summed E-state index contributed by atoms with van der Waals surface area (Å²) in [6, 6.07) is 8.33. The number of anilines is 1. The smallest absolute Gasteiger partial charge is 0.256 e. The second-order valence-electron chi connectivity index (χ2n) is 8.39. The number of hydrogen-bond acceptors (Lipinski definition) is 4. The van der Waals surface area contributed by atoms with Crippen molar-refractivity contribution < 1.29 is 14.3 Å². The van der Waals surface area contributed by atoms with Crippen LogP contribution in [0.1, 0.15) is 72.6 Å². The molecular formula is C24H40N2O3. The maximum absolute atomic E-state index is 12.7. The van der Waals surface area contributed by atoms with Crippen LogP contribution in [0.2, 0.25) is 0 Å². The molecule has 1 saturated heterocycles. The fraction of sp³-hybridized carbons (Fsp3) is 0.708. The minimum absolute atomic E-state index is 0.0860. The van der Waals surface area contributed by atoms with Gasteiger partial charge in [-0.3, -0.25) is 4.79 Å². The van der Waals surface area contributed by atoms with Crippen molar-refractivity contribution in [2.24, 2.45) is 0 Å². The number of likely N-dealkylation sites (tertiary alicyclic amines) is 1. The molecule has 1 aliphatic rings. The van der Waals surface area contributed by atoms with E-state index >= 15 is 0 Å². The summed E-state index contributed by atoms with van der Waals surface area (Å²) in [5.74, 6) is 0.755. The number of carbonyl (C=O) groups is 1. The van der Waals surface area contributed by atoms with E-state index in [1.54, 1.807) is 0 Å². The summed E-state index contributed by atoms with van der Waals surface area (Å²) >= 11 is 0. The van der Waals surface area contributed by atoms with Crippen LogP contribution in [-0.2, 0) is 9.53 Å². The molecule has 1 aliphatic heterocycles. The van der Waals surface area contributed by atoms with Gasteiger partial charge in [0.25, 0.3) is 5.91 Å². The highest BCUT2D eigenvalue weighted by molar-refractivity contribution is 5.97. The Morgan fingerprint density at radius 2 is 1.93 bits per heavy atom. The minimum atomic E-state index is -0.786. The van der Waals surface area contributed by atoms with Crippen LogP contribution in [0.3, 0.4) is 0 Å². The SMILES string of the molecule is CCCO[C@@](C)(CCC)C(=O)Nc1ccc(OCCCN2CCCC[C@H]2C)cc1. The van der Waals surface area contributed by atoms with Crippen molar-refractivity contribution >= 4 is 11.6 Å². The number of hydrogen-bond donors (Lipinski definition) is 1. The van der Waals surface area contributed by atoms with Gasteiger partial charge in [-0.1, -0.05) is 26.7 Å². The zero-order chi connectivity index (χ0) is 21.1. The van der Waals surface area contributed by atoms with E-state index < -0.39 is 5.60 Å². The molecule has 0 saturated carbocycles. The molecule has 0 spiro atoms. The number of nitrogens with zero attached hydrogens (tertiary/aromatic N) is 1. The van der Waals surface area contributed by atoms with Gasteiger partial charge in [0.15, 0.2) is 0 Å². The average molecular weight is 405 g/mol. The quantitative estimate of drug-likeness (QED) is 0.483. The highest BCUT2D eigenvalue weighted by Gasteiger charge is 2.33. The first-order valence-corrected chi connectivity index (χ1v) is 11.4. The maximum Gasteiger partial charge on any atom is 0.256 e. The number of amides is 1. The highest BCUT2D eigenvalue weighted by Crippen LogP contribution is 2.23. The first-order chi connectivity index (χ1) is 14.0. The fourth-order valence-electron chi connectivity index (χ4n) is 3.90. The summed E-state index contributed by atoms with van der Waals surface area (Å²) in [5, 5.41) is 2.99. The van der Waals surface area contributed by atoms with E-state index in [9.17, 15) is 4.79 Å². The number of ether oxygens (including phenoxy) is 2. The Labute approximate surface area is 177 Å². The molecular weight excluding hydrogens is 364 g/mol. The molecule has 164 valence electrons. The lowest BCUT2D eigenvalue weighted by Crippen LogP contribution is -2.43. The van der Waals surface area contributed by atoms with Crippen LogP contribution in [0.4, 0.5) is 5.69 Å². The lowest BCUT2D eigenvalue weighted by Gasteiger charge is -2.33. The summed E-state index contributed by atoms with van der Waals surface area (Å²) in [4.78, 5) is 15.3. The molecule has 1 heterocycles. The third kappa shape index (κ3) is 7.63. The van der Waals surface area contributed by atoms with Crippen LogP contribution in [0, 0.1) is 0 Å². The van der Waals surface area contributed by atoms with Gasteiger partial charge in [0, 0.05) is 24.9 Å². The summed E-state index contributed by atoms with van der Waals surface area (Å²) < 4.78 is 11.7. The largest absolute Gasteiger partial charge is 0.494 e. The molecule has 0 bridgehead atoms. The number of rotatable bonds is 12. The Morgan fingerprint density at radius 1 is 1.17 bits per heavy atom. The summed E-state index contributed by atoms with van der Waals surface area (Å²) in [6.45, 7) is 11.9. The molecule has 1 amide bonds. The summed E-state index contributed by atoms with van der Waals surface area (Å²) in [7, 11) is 0. The Bertz CT molecular complexity index is 605. The van der Waals surface area contributed by atoms with Gasteiger partial charge >= 0.3 is 0 Å². The van der Waals surface area contributed by atoms with Gasteiger partial charge in [0.05, 0.1) is 6.61 Å². The predicted molar refractivity (Wildman–Crippen MR) is 120 cm³/mol. The van der Waals surface area contributed by atoms with E-state index in [2.05, 4.69) is 31.0 Å². The third-order valence-electron chi connectivity index (χ3n) is 5.74. The monoisotopic (exact) mass is 404 g/mol. The summed E-state index contributed by atoms with van der Waals surface area (Å²) in [5.41, 5.74) is -0.0159. The van der Waals surface area contributed by atoms with Crippen molar-refractivity contribution in [3.8, 4) is 5.75 Å². The van der Waals surface area contributed by atoms with Gasteiger partial charge in [-0.2, -0.15) is 0 Å². The average Bonchev–Trinajstić information content (AvgIpc) is 2.72. The van der Waals surface area contributed by atoms with Crippen LogP contribution in [0.5, 0.6) is 5.75 Å². The molecule has 5 nitrogen and oxygen atoms in total. The highest BCUT2D eigenvalue weighted by atomic mass is 16.5. The third-order valence-corrected chi connectivity index (χ3v) is 5.74. The van der Waals surface area contributed by atoms with Crippen molar-refractivity contribution in [1.82, 2.24) is 4.90 Å². The van der Waals surface area contributed by atoms with Gasteiger partial charge in [0.2, 0.25) is 0 Å². The molecule has 29 heavy (non-hydrogen) atoms. The van der Waals surface area contributed by atoms with E-state index in [4.69, 9.17) is 9.47 Å². The molecule has 1 N–H and O–H groups in total. The molecule has 1 fully saturated rings.